The zero-order chi connectivity index (χ0) is 21.9. The zero-order valence-electron chi connectivity index (χ0n) is 15.6. The molecular formula is C20H17BrF3N3O3. The molecule has 0 atom stereocenters. The van der Waals surface area contributed by atoms with Crippen molar-refractivity contribution in [2.45, 2.75) is 6.18 Å². The number of hydrogen-bond acceptors (Lipinski definition) is 4. The second kappa shape index (κ2) is 8.86. The maximum atomic E-state index is 12.9. The molecule has 0 N–H and O–H groups in total. The highest BCUT2D eigenvalue weighted by Crippen LogP contribution is 2.36. The predicted octanol–water partition coefficient (Wildman–Crippen LogP) is 4.74. The number of rotatable bonds is 4. The number of carbonyl (C=O) groups is 1. The van der Waals surface area contributed by atoms with Crippen molar-refractivity contribution < 1.29 is 22.9 Å². The molecule has 1 fully saturated rings. The number of carbonyl (C=O) groups excluding carboxylic acids is 1. The van der Waals surface area contributed by atoms with E-state index in [1.54, 1.807) is 15.9 Å². The number of anilines is 1. The van der Waals surface area contributed by atoms with Gasteiger partial charge >= 0.3 is 6.18 Å². The Morgan fingerprint density at radius 1 is 1.07 bits per heavy atom. The summed E-state index contributed by atoms with van der Waals surface area (Å²) in [4.78, 5) is 26.1. The molecule has 1 aliphatic heterocycles. The maximum Gasteiger partial charge on any atom is 0.416 e. The van der Waals surface area contributed by atoms with Crippen molar-refractivity contribution in [3.05, 3.63) is 74.3 Å². The molecule has 2 aromatic rings. The lowest BCUT2D eigenvalue weighted by molar-refractivity contribution is -0.384. The Bertz CT molecular complexity index is 969. The fraction of sp³-hybridized carbons (Fsp3) is 0.250. The van der Waals surface area contributed by atoms with E-state index in [1.165, 1.54) is 6.08 Å². The highest BCUT2D eigenvalue weighted by Gasteiger charge is 2.34. The number of nitrogens with zero attached hydrogens (tertiary/aromatic N) is 3. The molecular weight excluding hydrogens is 467 g/mol. The van der Waals surface area contributed by atoms with E-state index < -0.39 is 22.4 Å². The van der Waals surface area contributed by atoms with E-state index >= 15 is 0 Å². The molecule has 0 saturated carbocycles. The molecule has 1 aliphatic rings. The van der Waals surface area contributed by atoms with Crippen LogP contribution in [0, 0.1) is 10.1 Å². The number of nitro groups is 1. The number of benzene rings is 2. The van der Waals surface area contributed by atoms with Crippen molar-refractivity contribution in [1.82, 2.24) is 4.90 Å². The standard InChI is InChI=1S/C20H17BrF3N3O3/c21-16-5-1-14(2-6-16)3-8-19(28)26-11-9-25(10-12-26)17-7-4-15(20(22,23)24)13-18(17)27(29)30/h1-8,13H,9-12H2/b8-3+. The summed E-state index contributed by atoms with van der Waals surface area (Å²) in [5, 5.41) is 11.3. The van der Waals surface area contributed by atoms with Gasteiger partial charge in [0.15, 0.2) is 0 Å². The van der Waals surface area contributed by atoms with E-state index in [4.69, 9.17) is 0 Å². The number of nitro benzene ring substituents is 1. The van der Waals surface area contributed by atoms with Crippen molar-refractivity contribution in [3.63, 3.8) is 0 Å². The highest BCUT2D eigenvalue weighted by atomic mass is 79.9. The third-order valence-electron chi connectivity index (χ3n) is 4.72. The van der Waals surface area contributed by atoms with Gasteiger partial charge in [-0.2, -0.15) is 13.2 Å². The average Bonchev–Trinajstić information content (AvgIpc) is 2.72. The Kier molecular flexibility index (Phi) is 6.45. The van der Waals surface area contributed by atoms with Gasteiger partial charge in [0, 0.05) is 42.8 Å². The molecule has 2 aromatic carbocycles. The Hall–Kier alpha value is -2.88. The maximum absolute atomic E-state index is 12.9. The number of hydrogen-bond donors (Lipinski definition) is 0. The first-order valence-corrected chi connectivity index (χ1v) is 9.77. The summed E-state index contributed by atoms with van der Waals surface area (Å²) in [5.74, 6) is -0.195. The minimum atomic E-state index is -4.66. The van der Waals surface area contributed by atoms with E-state index in [1.807, 2.05) is 24.3 Å². The molecule has 0 spiro atoms. The summed E-state index contributed by atoms with van der Waals surface area (Å²) in [6, 6.07) is 9.94. The van der Waals surface area contributed by atoms with Crippen molar-refractivity contribution in [1.29, 1.82) is 0 Å². The van der Waals surface area contributed by atoms with Gasteiger partial charge in [0.05, 0.1) is 10.5 Å². The van der Waals surface area contributed by atoms with Gasteiger partial charge < -0.3 is 9.80 Å². The first-order valence-electron chi connectivity index (χ1n) is 8.98. The summed E-state index contributed by atoms with van der Waals surface area (Å²) in [6.07, 6.45) is -1.50. The van der Waals surface area contributed by atoms with Crippen molar-refractivity contribution >= 4 is 39.3 Å². The molecule has 6 nitrogen and oxygen atoms in total. The predicted molar refractivity (Wildman–Crippen MR) is 110 cm³/mol. The Labute approximate surface area is 178 Å². The molecule has 1 heterocycles. The van der Waals surface area contributed by atoms with Crippen molar-refractivity contribution in [3.8, 4) is 0 Å². The summed E-state index contributed by atoms with van der Waals surface area (Å²) in [6.45, 7) is 1.18. The van der Waals surface area contributed by atoms with E-state index in [9.17, 15) is 28.1 Å². The molecule has 30 heavy (non-hydrogen) atoms. The van der Waals surface area contributed by atoms with Crippen LogP contribution in [-0.4, -0.2) is 41.9 Å². The van der Waals surface area contributed by atoms with Gasteiger partial charge in [-0.15, -0.1) is 0 Å². The van der Waals surface area contributed by atoms with Crippen LogP contribution >= 0.6 is 15.9 Å². The third kappa shape index (κ3) is 5.18. The van der Waals surface area contributed by atoms with Gasteiger partial charge in [0.1, 0.15) is 5.69 Å². The Balaban J connectivity index is 1.67. The van der Waals surface area contributed by atoms with Gasteiger partial charge in [-0.3, -0.25) is 14.9 Å². The van der Waals surface area contributed by atoms with Gasteiger partial charge in [-0.1, -0.05) is 28.1 Å². The molecule has 0 aromatic heterocycles. The van der Waals surface area contributed by atoms with Crippen LogP contribution < -0.4 is 4.90 Å². The van der Waals surface area contributed by atoms with Crippen LogP contribution in [0.25, 0.3) is 6.08 Å². The quantitative estimate of drug-likeness (QED) is 0.358. The second-order valence-electron chi connectivity index (χ2n) is 6.66. The minimum Gasteiger partial charge on any atom is -0.362 e. The second-order valence-corrected chi connectivity index (χ2v) is 7.57. The highest BCUT2D eigenvalue weighted by molar-refractivity contribution is 9.10. The molecule has 0 radical (unpaired) electrons. The van der Waals surface area contributed by atoms with Crippen molar-refractivity contribution in [2.75, 3.05) is 31.1 Å². The Morgan fingerprint density at radius 2 is 1.70 bits per heavy atom. The van der Waals surface area contributed by atoms with Crippen LogP contribution in [0.5, 0.6) is 0 Å². The van der Waals surface area contributed by atoms with E-state index in [0.717, 1.165) is 22.2 Å². The fourth-order valence-electron chi connectivity index (χ4n) is 3.13. The Morgan fingerprint density at radius 3 is 2.27 bits per heavy atom. The molecule has 0 bridgehead atoms. The van der Waals surface area contributed by atoms with Gasteiger partial charge in [-0.25, -0.2) is 0 Å². The minimum absolute atomic E-state index is 0.116. The van der Waals surface area contributed by atoms with Gasteiger partial charge in [0.25, 0.3) is 5.69 Å². The van der Waals surface area contributed by atoms with E-state index in [0.29, 0.717) is 19.2 Å². The third-order valence-corrected chi connectivity index (χ3v) is 5.25. The lowest BCUT2D eigenvalue weighted by Gasteiger charge is -2.35. The first-order chi connectivity index (χ1) is 14.1. The lowest BCUT2D eigenvalue weighted by atomic mass is 10.1. The van der Waals surface area contributed by atoms with Crippen LogP contribution in [0.4, 0.5) is 24.5 Å². The molecule has 158 valence electrons. The number of alkyl halides is 3. The molecule has 0 unspecified atom stereocenters. The monoisotopic (exact) mass is 483 g/mol. The first kappa shape index (κ1) is 21.8. The molecule has 0 aliphatic carbocycles. The van der Waals surface area contributed by atoms with Crippen molar-refractivity contribution in [2.24, 2.45) is 0 Å². The van der Waals surface area contributed by atoms with Crippen LogP contribution in [0.3, 0.4) is 0 Å². The SMILES string of the molecule is O=C(/C=C/c1ccc(Br)cc1)N1CCN(c2ccc(C(F)(F)F)cc2[N+](=O)[O-])CC1. The lowest BCUT2D eigenvalue weighted by Crippen LogP contribution is -2.48. The summed E-state index contributed by atoms with van der Waals surface area (Å²) in [7, 11) is 0. The number of amides is 1. The van der Waals surface area contributed by atoms with Crippen LogP contribution in [0.1, 0.15) is 11.1 Å². The normalized spacial score (nSPS) is 14.9. The van der Waals surface area contributed by atoms with E-state index in [2.05, 4.69) is 15.9 Å². The summed E-state index contributed by atoms with van der Waals surface area (Å²) < 4.78 is 39.5. The molecule has 1 amide bonds. The largest absolute Gasteiger partial charge is 0.416 e. The number of piperazine rings is 1. The van der Waals surface area contributed by atoms with Gasteiger partial charge in [0.2, 0.25) is 5.91 Å². The summed E-state index contributed by atoms with van der Waals surface area (Å²) in [5.41, 5.74) is -0.680. The van der Waals surface area contributed by atoms with Crippen LogP contribution in [0.15, 0.2) is 53.0 Å². The topological polar surface area (TPSA) is 66.7 Å². The zero-order valence-corrected chi connectivity index (χ0v) is 17.2. The van der Waals surface area contributed by atoms with Crippen LogP contribution in [0.2, 0.25) is 0 Å². The van der Waals surface area contributed by atoms with E-state index in [-0.39, 0.29) is 24.7 Å². The average molecular weight is 484 g/mol. The summed E-state index contributed by atoms with van der Waals surface area (Å²) >= 11 is 3.34. The number of halogens is 4. The van der Waals surface area contributed by atoms with Gasteiger partial charge in [-0.05, 0) is 35.9 Å². The molecule has 10 heteroatoms. The fourth-order valence-corrected chi connectivity index (χ4v) is 3.39. The molecule has 3 rings (SSSR count). The van der Waals surface area contributed by atoms with Crippen LogP contribution in [-0.2, 0) is 11.0 Å². The molecule has 1 saturated heterocycles. The smallest absolute Gasteiger partial charge is 0.362 e.